The first-order valence-corrected chi connectivity index (χ1v) is 3.63. The summed E-state index contributed by atoms with van der Waals surface area (Å²) in [6.07, 6.45) is -0.00926. The molecule has 0 aromatic heterocycles. The summed E-state index contributed by atoms with van der Waals surface area (Å²) >= 11 is 1.50. The van der Waals surface area contributed by atoms with E-state index in [4.69, 9.17) is 0 Å². The average Bonchev–Trinajstić information content (AvgIpc) is 2.15. The van der Waals surface area contributed by atoms with Gasteiger partial charge in [-0.25, -0.2) is 0 Å². The molecule has 0 spiro atoms. The first kappa shape index (κ1) is 10.5. The molecule has 0 bridgehead atoms. The van der Waals surface area contributed by atoms with Gasteiger partial charge in [-0.2, -0.15) is 0 Å². The Morgan fingerprint density at radius 3 is 2.90 bits per heavy atom. The van der Waals surface area contributed by atoms with Crippen LogP contribution in [0.2, 0.25) is 0 Å². The Bertz CT molecular complexity index is 160. The molecule has 0 unspecified atom stereocenters. The van der Waals surface area contributed by atoms with E-state index in [0.29, 0.717) is 5.04 Å². The van der Waals surface area contributed by atoms with Crippen molar-refractivity contribution in [1.29, 1.82) is 0 Å². The van der Waals surface area contributed by atoms with Gasteiger partial charge in [0.15, 0.2) is 0 Å². The summed E-state index contributed by atoms with van der Waals surface area (Å²) in [6.45, 7) is 0.757. The van der Waals surface area contributed by atoms with Crippen molar-refractivity contribution in [1.82, 2.24) is 0 Å². The molecule has 1 heterocycles. The SMILES string of the molecule is O=C([O-])CC1=NCCS1.[Na+]. The molecule has 1 aliphatic heterocycles. The van der Waals surface area contributed by atoms with E-state index in [9.17, 15) is 9.90 Å². The summed E-state index contributed by atoms with van der Waals surface area (Å²) in [5.74, 6) is -0.119. The molecule has 0 amide bonds. The van der Waals surface area contributed by atoms with Crippen molar-refractivity contribution in [2.45, 2.75) is 6.42 Å². The van der Waals surface area contributed by atoms with Crippen LogP contribution in [0.25, 0.3) is 0 Å². The molecule has 0 saturated carbocycles. The molecule has 1 rings (SSSR count). The zero-order valence-electron chi connectivity index (χ0n) is 5.79. The summed E-state index contributed by atoms with van der Waals surface area (Å²) in [6, 6.07) is 0. The molecule has 10 heavy (non-hydrogen) atoms. The van der Waals surface area contributed by atoms with E-state index < -0.39 is 5.97 Å². The minimum absolute atomic E-state index is 0. The van der Waals surface area contributed by atoms with Gasteiger partial charge in [0.2, 0.25) is 0 Å². The smallest absolute Gasteiger partial charge is 0.550 e. The molecular weight excluding hydrogens is 161 g/mol. The van der Waals surface area contributed by atoms with Gasteiger partial charge in [-0.15, -0.1) is 11.8 Å². The molecule has 0 atom stereocenters. The third kappa shape index (κ3) is 3.61. The van der Waals surface area contributed by atoms with Crippen LogP contribution in [-0.4, -0.2) is 23.3 Å². The normalized spacial score (nSPS) is 15.8. The maximum Gasteiger partial charge on any atom is 1.00 e. The fourth-order valence-electron chi connectivity index (χ4n) is 0.610. The van der Waals surface area contributed by atoms with Crippen LogP contribution >= 0.6 is 11.8 Å². The largest absolute Gasteiger partial charge is 1.00 e. The zero-order chi connectivity index (χ0) is 6.69. The second kappa shape index (κ2) is 5.18. The molecule has 0 aromatic rings. The van der Waals surface area contributed by atoms with Crippen LogP contribution in [-0.2, 0) is 4.79 Å². The zero-order valence-corrected chi connectivity index (χ0v) is 8.61. The molecule has 0 fully saturated rings. The molecule has 0 aromatic carbocycles. The van der Waals surface area contributed by atoms with Gasteiger partial charge in [-0.05, 0) is 0 Å². The third-order valence-corrected chi connectivity index (χ3v) is 1.94. The second-order valence-corrected chi connectivity index (χ2v) is 2.84. The molecule has 1 aliphatic rings. The van der Waals surface area contributed by atoms with Crippen molar-refractivity contribution in [2.24, 2.45) is 4.99 Å². The topological polar surface area (TPSA) is 52.5 Å². The third-order valence-electron chi connectivity index (χ3n) is 0.944. The summed E-state index contributed by atoms with van der Waals surface area (Å²) in [7, 11) is 0. The van der Waals surface area contributed by atoms with E-state index in [1.807, 2.05) is 0 Å². The Kier molecular flexibility index (Phi) is 5.44. The summed E-state index contributed by atoms with van der Waals surface area (Å²) < 4.78 is 0. The van der Waals surface area contributed by atoms with Gasteiger partial charge >= 0.3 is 29.6 Å². The first-order valence-electron chi connectivity index (χ1n) is 2.65. The summed E-state index contributed by atoms with van der Waals surface area (Å²) in [4.78, 5) is 13.9. The Morgan fingerprint density at radius 2 is 2.50 bits per heavy atom. The van der Waals surface area contributed by atoms with Gasteiger partial charge in [-0.1, -0.05) is 0 Å². The van der Waals surface area contributed by atoms with Gasteiger partial charge < -0.3 is 9.90 Å². The average molecular weight is 167 g/mol. The van der Waals surface area contributed by atoms with Crippen molar-refractivity contribution in [3.63, 3.8) is 0 Å². The number of aliphatic imine (C=N–C) groups is 1. The second-order valence-electron chi connectivity index (χ2n) is 1.67. The number of thioether (sulfide) groups is 1. The Balaban J connectivity index is 0.000000810. The Hall–Kier alpha value is 0.490. The van der Waals surface area contributed by atoms with Crippen LogP contribution < -0.4 is 34.7 Å². The number of carboxylic acid groups (broad SMARTS) is 1. The molecule has 0 N–H and O–H groups in total. The van der Waals surface area contributed by atoms with Gasteiger partial charge in [0, 0.05) is 24.7 Å². The fourth-order valence-corrected chi connectivity index (χ4v) is 1.43. The molecule has 3 nitrogen and oxygen atoms in total. The summed E-state index contributed by atoms with van der Waals surface area (Å²) in [5.41, 5.74) is 0. The minimum atomic E-state index is -1.04. The summed E-state index contributed by atoms with van der Waals surface area (Å²) in [5, 5.41) is 10.7. The number of nitrogens with zero attached hydrogens (tertiary/aromatic N) is 1. The van der Waals surface area contributed by atoms with Crippen LogP contribution in [0.3, 0.4) is 0 Å². The standard InChI is InChI=1S/C5H7NO2S.Na/c7-5(8)3-4-6-1-2-9-4;/h1-3H2,(H,7,8);/q;+1/p-1. The molecule has 5 heteroatoms. The number of carbonyl (C=O) groups excluding carboxylic acids is 1. The molecule has 50 valence electrons. The number of hydrogen-bond donors (Lipinski definition) is 0. The van der Waals surface area contributed by atoms with Crippen LogP contribution in [0, 0.1) is 0 Å². The van der Waals surface area contributed by atoms with E-state index in [-0.39, 0.29) is 36.0 Å². The minimum Gasteiger partial charge on any atom is -0.550 e. The molecule has 0 radical (unpaired) electrons. The number of aliphatic carboxylic acids is 1. The van der Waals surface area contributed by atoms with Crippen molar-refractivity contribution in [2.75, 3.05) is 12.3 Å². The predicted molar refractivity (Wildman–Crippen MR) is 34.4 cm³/mol. The Labute approximate surface area is 85.6 Å². The number of carbonyl (C=O) groups is 1. The maximum atomic E-state index is 9.95. The van der Waals surface area contributed by atoms with Crippen molar-refractivity contribution in [3.8, 4) is 0 Å². The number of hydrogen-bond acceptors (Lipinski definition) is 4. The van der Waals surface area contributed by atoms with Gasteiger partial charge in [0.05, 0.1) is 5.04 Å². The monoisotopic (exact) mass is 167 g/mol. The molecular formula is C5H6NNaO2S. The van der Waals surface area contributed by atoms with Crippen molar-refractivity contribution >= 4 is 22.8 Å². The maximum absolute atomic E-state index is 9.95. The van der Waals surface area contributed by atoms with Gasteiger partial charge in [0.1, 0.15) is 0 Å². The number of carboxylic acids is 1. The molecule has 0 saturated heterocycles. The predicted octanol–water partition coefficient (Wildman–Crippen LogP) is -3.72. The van der Waals surface area contributed by atoms with Crippen LogP contribution in [0.1, 0.15) is 6.42 Å². The Morgan fingerprint density at radius 1 is 1.80 bits per heavy atom. The number of rotatable bonds is 2. The van der Waals surface area contributed by atoms with Crippen LogP contribution in [0.15, 0.2) is 4.99 Å². The van der Waals surface area contributed by atoms with Crippen LogP contribution in [0.4, 0.5) is 0 Å². The van der Waals surface area contributed by atoms with E-state index in [1.165, 1.54) is 11.8 Å². The molecule has 0 aliphatic carbocycles. The fraction of sp³-hybridized carbons (Fsp3) is 0.600. The van der Waals surface area contributed by atoms with Crippen molar-refractivity contribution < 1.29 is 39.5 Å². The van der Waals surface area contributed by atoms with Gasteiger partial charge in [0.25, 0.3) is 0 Å². The van der Waals surface area contributed by atoms with E-state index in [1.54, 1.807) is 0 Å². The first-order chi connectivity index (χ1) is 4.29. The van der Waals surface area contributed by atoms with E-state index in [2.05, 4.69) is 4.99 Å². The van der Waals surface area contributed by atoms with E-state index >= 15 is 0 Å². The van der Waals surface area contributed by atoms with Crippen LogP contribution in [0.5, 0.6) is 0 Å². The van der Waals surface area contributed by atoms with Crippen molar-refractivity contribution in [3.05, 3.63) is 0 Å². The van der Waals surface area contributed by atoms with E-state index in [0.717, 1.165) is 12.3 Å². The van der Waals surface area contributed by atoms with Gasteiger partial charge in [-0.3, -0.25) is 4.99 Å². The quantitative estimate of drug-likeness (QED) is 0.397.